The van der Waals surface area contributed by atoms with Gasteiger partial charge in [0.25, 0.3) is 5.91 Å². The van der Waals surface area contributed by atoms with Gasteiger partial charge < -0.3 is 15.5 Å². The van der Waals surface area contributed by atoms with Crippen molar-refractivity contribution in [1.82, 2.24) is 15.2 Å². The number of likely N-dealkylation sites (tertiary alicyclic amines) is 1. The molecule has 0 aliphatic carbocycles. The van der Waals surface area contributed by atoms with E-state index in [-0.39, 0.29) is 11.9 Å². The first-order valence-electron chi connectivity index (χ1n) is 7.82. The number of carbonyl (C=O) groups excluding carboxylic acids is 1. The van der Waals surface area contributed by atoms with Gasteiger partial charge in [-0.2, -0.15) is 0 Å². The van der Waals surface area contributed by atoms with E-state index in [9.17, 15) is 4.79 Å². The standard InChI is InChI=1S/C16H26N4O/c1-4-9-17-15-7-5-6-14(19-15)16(21)18-13-8-10-20(3)12(2)11-13/h5-7,12-13H,4,8-11H2,1-3H3,(H,17,19)(H,18,21). The number of anilines is 1. The molecule has 2 N–H and O–H groups in total. The third-order valence-electron chi connectivity index (χ3n) is 4.08. The summed E-state index contributed by atoms with van der Waals surface area (Å²) in [5.74, 6) is 0.693. The van der Waals surface area contributed by atoms with Gasteiger partial charge in [-0.15, -0.1) is 0 Å². The van der Waals surface area contributed by atoms with Crippen molar-refractivity contribution >= 4 is 11.7 Å². The maximum absolute atomic E-state index is 12.3. The Balaban J connectivity index is 1.94. The monoisotopic (exact) mass is 290 g/mol. The van der Waals surface area contributed by atoms with Crippen molar-refractivity contribution in [2.45, 2.75) is 45.2 Å². The topological polar surface area (TPSA) is 57.3 Å². The van der Waals surface area contributed by atoms with Crippen LogP contribution in [0, 0.1) is 0 Å². The lowest BCUT2D eigenvalue weighted by Gasteiger charge is -2.35. The maximum atomic E-state index is 12.3. The Morgan fingerprint density at radius 2 is 2.29 bits per heavy atom. The first kappa shape index (κ1) is 15.8. The molecule has 2 unspecified atom stereocenters. The van der Waals surface area contributed by atoms with Crippen molar-refractivity contribution in [2.24, 2.45) is 0 Å². The summed E-state index contributed by atoms with van der Waals surface area (Å²) in [5.41, 5.74) is 0.489. The molecule has 0 bridgehead atoms. The summed E-state index contributed by atoms with van der Waals surface area (Å²) in [4.78, 5) is 19.0. The normalized spacial score (nSPS) is 22.8. The highest BCUT2D eigenvalue weighted by Crippen LogP contribution is 2.16. The van der Waals surface area contributed by atoms with Gasteiger partial charge in [0, 0.05) is 25.2 Å². The van der Waals surface area contributed by atoms with Crippen LogP contribution in [0.5, 0.6) is 0 Å². The molecule has 0 radical (unpaired) electrons. The van der Waals surface area contributed by atoms with Crippen LogP contribution in [0.1, 0.15) is 43.6 Å². The van der Waals surface area contributed by atoms with Gasteiger partial charge in [0.1, 0.15) is 11.5 Å². The Morgan fingerprint density at radius 3 is 3.00 bits per heavy atom. The average Bonchev–Trinajstić information content (AvgIpc) is 2.49. The minimum atomic E-state index is -0.0723. The van der Waals surface area contributed by atoms with Crippen molar-refractivity contribution in [3.05, 3.63) is 23.9 Å². The van der Waals surface area contributed by atoms with Gasteiger partial charge in [-0.25, -0.2) is 4.98 Å². The Morgan fingerprint density at radius 1 is 1.48 bits per heavy atom. The highest BCUT2D eigenvalue weighted by Gasteiger charge is 2.24. The molecular formula is C16H26N4O. The molecule has 1 aliphatic rings. The third kappa shape index (κ3) is 4.43. The van der Waals surface area contributed by atoms with Gasteiger partial charge in [-0.1, -0.05) is 13.0 Å². The number of hydrogen-bond acceptors (Lipinski definition) is 4. The van der Waals surface area contributed by atoms with Crippen LogP contribution in [0.25, 0.3) is 0 Å². The van der Waals surface area contributed by atoms with Crippen LogP contribution in [0.2, 0.25) is 0 Å². The molecule has 5 heteroatoms. The molecule has 116 valence electrons. The molecule has 0 saturated carbocycles. The number of pyridine rings is 1. The Hall–Kier alpha value is -1.62. The van der Waals surface area contributed by atoms with E-state index in [0.717, 1.165) is 38.2 Å². The molecule has 2 heterocycles. The van der Waals surface area contributed by atoms with Gasteiger partial charge in [-0.3, -0.25) is 4.79 Å². The van der Waals surface area contributed by atoms with Gasteiger partial charge in [0.15, 0.2) is 0 Å². The van der Waals surface area contributed by atoms with Crippen molar-refractivity contribution in [3.63, 3.8) is 0 Å². The number of carbonyl (C=O) groups is 1. The molecule has 1 aromatic rings. The maximum Gasteiger partial charge on any atom is 0.270 e. The second-order valence-electron chi connectivity index (χ2n) is 5.86. The Bertz CT molecular complexity index is 477. The van der Waals surface area contributed by atoms with E-state index >= 15 is 0 Å². The summed E-state index contributed by atoms with van der Waals surface area (Å²) in [7, 11) is 2.13. The van der Waals surface area contributed by atoms with Gasteiger partial charge in [-0.05, 0) is 45.4 Å². The average molecular weight is 290 g/mol. The largest absolute Gasteiger partial charge is 0.370 e. The smallest absolute Gasteiger partial charge is 0.270 e. The van der Waals surface area contributed by atoms with E-state index in [2.05, 4.69) is 41.4 Å². The van der Waals surface area contributed by atoms with Gasteiger partial charge >= 0.3 is 0 Å². The molecule has 1 aromatic heterocycles. The first-order valence-corrected chi connectivity index (χ1v) is 7.82. The predicted molar refractivity (Wildman–Crippen MR) is 85.6 cm³/mol. The van der Waals surface area contributed by atoms with Crippen LogP contribution >= 0.6 is 0 Å². The summed E-state index contributed by atoms with van der Waals surface area (Å²) in [6.45, 7) is 6.19. The van der Waals surface area contributed by atoms with Crippen molar-refractivity contribution in [3.8, 4) is 0 Å². The molecule has 2 rings (SSSR count). The third-order valence-corrected chi connectivity index (χ3v) is 4.08. The number of rotatable bonds is 5. The van der Waals surface area contributed by atoms with E-state index in [1.165, 1.54) is 0 Å². The molecule has 0 aromatic carbocycles. The number of nitrogens with zero attached hydrogens (tertiary/aromatic N) is 2. The molecule has 1 aliphatic heterocycles. The SMILES string of the molecule is CCCNc1cccc(C(=O)NC2CCN(C)C(C)C2)n1. The fourth-order valence-corrected chi connectivity index (χ4v) is 2.59. The van der Waals surface area contributed by atoms with Crippen molar-refractivity contribution < 1.29 is 4.79 Å². The number of nitrogens with one attached hydrogen (secondary N) is 2. The van der Waals surface area contributed by atoms with Gasteiger partial charge in [0.05, 0.1) is 0 Å². The zero-order chi connectivity index (χ0) is 15.2. The molecule has 21 heavy (non-hydrogen) atoms. The summed E-state index contributed by atoms with van der Waals surface area (Å²) in [5, 5.41) is 6.32. The molecule has 1 amide bonds. The van der Waals surface area contributed by atoms with Crippen LogP contribution in [-0.4, -0.2) is 48.0 Å². The lowest BCUT2D eigenvalue weighted by Crippen LogP contribution is -2.47. The zero-order valence-electron chi connectivity index (χ0n) is 13.2. The quantitative estimate of drug-likeness (QED) is 0.872. The Labute approximate surface area is 127 Å². The molecule has 5 nitrogen and oxygen atoms in total. The van der Waals surface area contributed by atoms with E-state index in [1.807, 2.05) is 12.1 Å². The fraction of sp³-hybridized carbons (Fsp3) is 0.625. The van der Waals surface area contributed by atoms with Crippen LogP contribution in [-0.2, 0) is 0 Å². The van der Waals surface area contributed by atoms with Crippen molar-refractivity contribution in [1.29, 1.82) is 0 Å². The van der Waals surface area contributed by atoms with E-state index in [0.29, 0.717) is 11.7 Å². The number of amides is 1. The molecule has 0 spiro atoms. The van der Waals surface area contributed by atoms with E-state index in [1.54, 1.807) is 6.07 Å². The van der Waals surface area contributed by atoms with Crippen LogP contribution in [0.4, 0.5) is 5.82 Å². The van der Waals surface area contributed by atoms with Crippen LogP contribution < -0.4 is 10.6 Å². The highest BCUT2D eigenvalue weighted by molar-refractivity contribution is 5.92. The minimum Gasteiger partial charge on any atom is -0.370 e. The lowest BCUT2D eigenvalue weighted by atomic mass is 9.99. The lowest BCUT2D eigenvalue weighted by molar-refractivity contribution is 0.0891. The van der Waals surface area contributed by atoms with E-state index < -0.39 is 0 Å². The minimum absolute atomic E-state index is 0.0723. The zero-order valence-corrected chi connectivity index (χ0v) is 13.2. The van der Waals surface area contributed by atoms with E-state index in [4.69, 9.17) is 0 Å². The molecule has 1 fully saturated rings. The second kappa shape index (κ2) is 7.41. The highest BCUT2D eigenvalue weighted by atomic mass is 16.1. The number of hydrogen-bond donors (Lipinski definition) is 2. The summed E-state index contributed by atoms with van der Waals surface area (Å²) in [6.07, 6.45) is 3.03. The second-order valence-corrected chi connectivity index (χ2v) is 5.86. The van der Waals surface area contributed by atoms with Crippen LogP contribution in [0.3, 0.4) is 0 Å². The number of aromatic nitrogens is 1. The van der Waals surface area contributed by atoms with Gasteiger partial charge in [0.2, 0.25) is 0 Å². The summed E-state index contributed by atoms with van der Waals surface area (Å²) < 4.78 is 0. The summed E-state index contributed by atoms with van der Waals surface area (Å²) in [6, 6.07) is 6.29. The van der Waals surface area contributed by atoms with Crippen molar-refractivity contribution in [2.75, 3.05) is 25.5 Å². The first-order chi connectivity index (χ1) is 10.1. The molecular weight excluding hydrogens is 264 g/mol. The molecule has 2 atom stereocenters. The number of piperidine rings is 1. The Kier molecular flexibility index (Phi) is 5.56. The summed E-state index contributed by atoms with van der Waals surface area (Å²) >= 11 is 0. The van der Waals surface area contributed by atoms with Crippen LogP contribution in [0.15, 0.2) is 18.2 Å². The fourth-order valence-electron chi connectivity index (χ4n) is 2.59. The molecule has 1 saturated heterocycles. The predicted octanol–water partition coefficient (Wildman–Crippen LogP) is 2.12.